The molecule has 1 N–H and O–H groups in total. The second-order valence-electron chi connectivity index (χ2n) is 6.36. The van der Waals surface area contributed by atoms with Gasteiger partial charge in [0.15, 0.2) is 0 Å². The fourth-order valence-electron chi connectivity index (χ4n) is 3.36. The molecule has 2 amide bonds. The Morgan fingerprint density at radius 2 is 1.77 bits per heavy atom. The molecule has 0 aromatic heterocycles. The van der Waals surface area contributed by atoms with E-state index in [4.69, 9.17) is 4.74 Å². The van der Waals surface area contributed by atoms with Crippen molar-refractivity contribution in [3.8, 4) is 0 Å². The van der Waals surface area contributed by atoms with E-state index in [0.29, 0.717) is 39.1 Å². The molecule has 0 saturated carbocycles. The van der Waals surface area contributed by atoms with Crippen molar-refractivity contribution >= 4 is 23.2 Å². The van der Waals surface area contributed by atoms with Gasteiger partial charge in [-0.05, 0) is 18.9 Å². The average Bonchev–Trinajstić information content (AvgIpc) is 2.68. The summed E-state index contributed by atoms with van der Waals surface area (Å²) in [6, 6.07) is 6.00. The number of carbonyl (C=O) groups is 2. The number of hydrogen-bond donors (Lipinski definition) is 1. The largest absolute Gasteiger partial charge is 0.378 e. The summed E-state index contributed by atoms with van der Waals surface area (Å²) in [5, 5.41) is 13.8. The third-order valence-corrected chi connectivity index (χ3v) is 4.77. The topological polar surface area (TPSA) is 102 Å². The van der Waals surface area contributed by atoms with Crippen molar-refractivity contribution in [3.63, 3.8) is 0 Å². The molecule has 8 heteroatoms. The number of hydrogen-bond acceptors (Lipinski definition) is 5. The van der Waals surface area contributed by atoms with Gasteiger partial charge in [-0.1, -0.05) is 24.3 Å². The molecule has 0 radical (unpaired) electrons. The number of anilines is 1. The van der Waals surface area contributed by atoms with Crippen LogP contribution in [0.3, 0.4) is 0 Å². The van der Waals surface area contributed by atoms with Gasteiger partial charge in [0.1, 0.15) is 5.69 Å². The van der Waals surface area contributed by atoms with Gasteiger partial charge in [0, 0.05) is 19.2 Å². The SMILES string of the molecule is O=C(Nc1ccccc1[N+](=O)[O-])C1CC=CCC1C(=O)N1CCOCC1. The quantitative estimate of drug-likeness (QED) is 0.503. The first-order valence-electron chi connectivity index (χ1n) is 8.63. The third kappa shape index (κ3) is 3.91. The maximum absolute atomic E-state index is 12.8. The molecule has 0 spiro atoms. The fraction of sp³-hybridized carbons (Fsp3) is 0.444. The van der Waals surface area contributed by atoms with Gasteiger partial charge in [0.05, 0.1) is 30.0 Å². The maximum atomic E-state index is 12.8. The summed E-state index contributed by atoms with van der Waals surface area (Å²) in [6.45, 7) is 2.05. The van der Waals surface area contributed by atoms with Gasteiger partial charge in [-0.25, -0.2) is 0 Å². The summed E-state index contributed by atoms with van der Waals surface area (Å²) >= 11 is 0. The molecule has 1 heterocycles. The van der Waals surface area contributed by atoms with Crippen LogP contribution in [0.5, 0.6) is 0 Å². The predicted molar refractivity (Wildman–Crippen MR) is 94.5 cm³/mol. The van der Waals surface area contributed by atoms with Crippen molar-refractivity contribution in [2.45, 2.75) is 12.8 Å². The van der Waals surface area contributed by atoms with Crippen LogP contribution in [-0.4, -0.2) is 47.9 Å². The van der Waals surface area contributed by atoms with E-state index in [9.17, 15) is 19.7 Å². The molecule has 1 fully saturated rings. The highest BCUT2D eigenvalue weighted by molar-refractivity contribution is 5.98. The zero-order chi connectivity index (χ0) is 18.5. The van der Waals surface area contributed by atoms with Crippen molar-refractivity contribution in [1.82, 2.24) is 4.90 Å². The lowest BCUT2D eigenvalue weighted by atomic mass is 9.81. The van der Waals surface area contributed by atoms with Crippen molar-refractivity contribution in [1.29, 1.82) is 0 Å². The average molecular weight is 359 g/mol. The molecule has 1 aromatic rings. The molecular weight excluding hydrogens is 338 g/mol. The summed E-state index contributed by atoms with van der Waals surface area (Å²) in [5.74, 6) is -1.42. The number of ether oxygens (including phenoxy) is 1. The summed E-state index contributed by atoms with van der Waals surface area (Å²) in [7, 11) is 0. The Bertz CT molecular complexity index is 727. The molecule has 1 saturated heterocycles. The van der Waals surface area contributed by atoms with E-state index >= 15 is 0 Å². The number of benzene rings is 1. The minimum absolute atomic E-state index is 0.0552. The highest BCUT2D eigenvalue weighted by Crippen LogP contribution is 2.31. The molecule has 2 unspecified atom stereocenters. The minimum Gasteiger partial charge on any atom is -0.378 e. The Morgan fingerprint density at radius 3 is 2.46 bits per heavy atom. The number of amides is 2. The van der Waals surface area contributed by atoms with E-state index in [2.05, 4.69) is 5.32 Å². The zero-order valence-corrected chi connectivity index (χ0v) is 14.3. The van der Waals surface area contributed by atoms with Crippen molar-refractivity contribution in [2.75, 3.05) is 31.6 Å². The first-order chi connectivity index (χ1) is 12.6. The van der Waals surface area contributed by atoms with E-state index in [-0.39, 0.29) is 23.2 Å². The molecule has 1 aliphatic heterocycles. The van der Waals surface area contributed by atoms with Crippen molar-refractivity contribution in [3.05, 3.63) is 46.5 Å². The van der Waals surface area contributed by atoms with E-state index in [1.165, 1.54) is 12.1 Å². The molecule has 26 heavy (non-hydrogen) atoms. The smallest absolute Gasteiger partial charge is 0.292 e. The van der Waals surface area contributed by atoms with E-state index < -0.39 is 16.8 Å². The van der Waals surface area contributed by atoms with Gasteiger partial charge in [0.25, 0.3) is 5.69 Å². The van der Waals surface area contributed by atoms with Gasteiger partial charge in [0.2, 0.25) is 11.8 Å². The molecule has 1 aromatic carbocycles. The van der Waals surface area contributed by atoms with Crippen LogP contribution in [0.15, 0.2) is 36.4 Å². The summed E-state index contributed by atoms with van der Waals surface area (Å²) in [4.78, 5) is 37.9. The molecule has 1 aliphatic carbocycles. The zero-order valence-electron chi connectivity index (χ0n) is 14.3. The number of nitrogens with one attached hydrogen (secondary N) is 1. The van der Waals surface area contributed by atoms with Crippen LogP contribution in [0.25, 0.3) is 0 Å². The maximum Gasteiger partial charge on any atom is 0.292 e. The molecule has 138 valence electrons. The second kappa shape index (κ2) is 8.09. The Balaban J connectivity index is 1.75. The number of para-hydroxylation sites is 2. The lowest BCUT2D eigenvalue weighted by molar-refractivity contribution is -0.383. The van der Waals surface area contributed by atoms with Gasteiger partial charge in [-0.2, -0.15) is 0 Å². The number of nitro benzene ring substituents is 1. The van der Waals surface area contributed by atoms with Crippen LogP contribution in [0.1, 0.15) is 12.8 Å². The predicted octanol–water partition coefficient (Wildman–Crippen LogP) is 1.97. The summed E-state index contributed by atoms with van der Waals surface area (Å²) in [6.07, 6.45) is 4.73. The van der Waals surface area contributed by atoms with E-state index in [1.54, 1.807) is 17.0 Å². The van der Waals surface area contributed by atoms with Crippen LogP contribution < -0.4 is 5.32 Å². The normalized spacial score (nSPS) is 22.7. The molecular formula is C18H21N3O5. The first kappa shape index (κ1) is 18.1. The van der Waals surface area contributed by atoms with Crippen LogP contribution in [0.4, 0.5) is 11.4 Å². The number of nitrogens with zero attached hydrogens (tertiary/aromatic N) is 2. The highest BCUT2D eigenvalue weighted by Gasteiger charge is 2.37. The standard InChI is InChI=1S/C18H21N3O5/c22-17(19-15-7-3-4-8-16(15)21(24)25)13-5-1-2-6-14(13)18(23)20-9-11-26-12-10-20/h1-4,7-8,13-14H,5-6,9-12H2,(H,19,22). The fourth-order valence-corrected chi connectivity index (χ4v) is 3.36. The minimum atomic E-state index is -0.546. The van der Waals surface area contributed by atoms with Crippen LogP contribution in [0.2, 0.25) is 0 Å². The lowest BCUT2D eigenvalue weighted by Crippen LogP contribution is -2.47. The number of rotatable bonds is 4. The highest BCUT2D eigenvalue weighted by atomic mass is 16.6. The van der Waals surface area contributed by atoms with Crippen LogP contribution in [-0.2, 0) is 14.3 Å². The number of morpholine rings is 1. The van der Waals surface area contributed by atoms with Crippen molar-refractivity contribution < 1.29 is 19.2 Å². The Kier molecular flexibility index (Phi) is 5.62. The summed E-state index contributed by atoms with van der Waals surface area (Å²) < 4.78 is 5.28. The summed E-state index contributed by atoms with van der Waals surface area (Å²) in [5.41, 5.74) is -0.0159. The van der Waals surface area contributed by atoms with Crippen LogP contribution in [0, 0.1) is 22.0 Å². The van der Waals surface area contributed by atoms with Crippen LogP contribution >= 0.6 is 0 Å². The van der Waals surface area contributed by atoms with E-state index in [1.807, 2.05) is 12.2 Å². The molecule has 8 nitrogen and oxygen atoms in total. The van der Waals surface area contributed by atoms with Gasteiger partial charge in [-0.3, -0.25) is 19.7 Å². The number of nitro groups is 1. The second-order valence-corrected chi connectivity index (χ2v) is 6.36. The molecule has 2 atom stereocenters. The van der Waals surface area contributed by atoms with Gasteiger partial charge in [-0.15, -0.1) is 0 Å². The number of carbonyl (C=O) groups excluding carboxylic acids is 2. The molecule has 0 bridgehead atoms. The molecule has 2 aliphatic rings. The van der Waals surface area contributed by atoms with Crippen molar-refractivity contribution in [2.24, 2.45) is 11.8 Å². The Labute approximate surface area is 151 Å². The number of allylic oxidation sites excluding steroid dienone is 2. The monoisotopic (exact) mass is 359 g/mol. The molecule has 3 rings (SSSR count). The third-order valence-electron chi connectivity index (χ3n) is 4.77. The Hall–Kier alpha value is -2.74. The van der Waals surface area contributed by atoms with Gasteiger partial charge >= 0.3 is 0 Å². The van der Waals surface area contributed by atoms with E-state index in [0.717, 1.165) is 0 Å². The lowest BCUT2D eigenvalue weighted by Gasteiger charge is -2.34. The Morgan fingerprint density at radius 1 is 1.12 bits per heavy atom. The van der Waals surface area contributed by atoms with Gasteiger partial charge < -0.3 is 15.0 Å². The first-order valence-corrected chi connectivity index (χ1v) is 8.63.